The standard InChI is InChI=1S/C16H14O4/c1-9-3-6-11(7-4-9)12-8-5-10(2)13(15(17)18)14(12)16(19)20/h3-8H,1-2H3,(H,17,18)(H,19,20). The smallest absolute Gasteiger partial charge is 0.337 e. The highest BCUT2D eigenvalue weighted by Gasteiger charge is 2.23. The first-order valence-corrected chi connectivity index (χ1v) is 6.09. The topological polar surface area (TPSA) is 74.6 Å². The van der Waals surface area contributed by atoms with E-state index >= 15 is 0 Å². The molecule has 0 saturated heterocycles. The van der Waals surface area contributed by atoms with Gasteiger partial charge in [-0.3, -0.25) is 0 Å². The number of rotatable bonds is 3. The Morgan fingerprint density at radius 3 is 1.85 bits per heavy atom. The first-order valence-electron chi connectivity index (χ1n) is 6.09. The maximum Gasteiger partial charge on any atom is 0.337 e. The molecule has 0 heterocycles. The molecule has 4 heteroatoms. The zero-order valence-electron chi connectivity index (χ0n) is 11.2. The third-order valence-electron chi connectivity index (χ3n) is 3.20. The highest BCUT2D eigenvalue weighted by atomic mass is 16.4. The van der Waals surface area contributed by atoms with Gasteiger partial charge in [-0.05, 0) is 30.5 Å². The summed E-state index contributed by atoms with van der Waals surface area (Å²) in [5, 5.41) is 18.6. The lowest BCUT2D eigenvalue weighted by Crippen LogP contribution is -2.12. The molecule has 2 rings (SSSR count). The van der Waals surface area contributed by atoms with E-state index in [1.807, 2.05) is 19.1 Å². The monoisotopic (exact) mass is 270 g/mol. The van der Waals surface area contributed by atoms with Crippen LogP contribution in [0.15, 0.2) is 36.4 Å². The molecule has 0 radical (unpaired) electrons. The molecular formula is C16H14O4. The van der Waals surface area contributed by atoms with E-state index in [9.17, 15) is 19.8 Å². The lowest BCUT2D eigenvalue weighted by molar-refractivity contribution is 0.0651. The van der Waals surface area contributed by atoms with Gasteiger partial charge in [-0.15, -0.1) is 0 Å². The van der Waals surface area contributed by atoms with E-state index in [-0.39, 0.29) is 11.1 Å². The van der Waals surface area contributed by atoms with Gasteiger partial charge in [0, 0.05) is 0 Å². The lowest BCUT2D eigenvalue weighted by atomic mass is 9.92. The van der Waals surface area contributed by atoms with Gasteiger partial charge in [0.25, 0.3) is 0 Å². The van der Waals surface area contributed by atoms with Crippen LogP contribution in [0.2, 0.25) is 0 Å². The molecule has 20 heavy (non-hydrogen) atoms. The van der Waals surface area contributed by atoms with Crippen molar-refractivity contribution in [3.05, 3.63) is 58.7 Å². The van der Waals surface area contributed by atoms with Crippen LogP contribution in [0, 0.1) is 13.8 Å². The first kappa shape index (κ1) is 13.8. The Bertz CT molecular complexity index is 684. The van der Waals surface area contributed by atoms with E-state index in [0.717, 1.165) is 5.56 Å². The van der Waals surface area contributed by atoms with Crippen molar-refractivity contribution in [2.75, 3.05) is 0 Å². The van der Waals surface area contributed by atoms with Crippen LogP contribution in [-0.4, -0.2) is 22.2 Å². The molecule has 0 aromatic heterocycles. The first-order chi connectivity index (χ1) is 9.41. The molecule has 0 spiro atoms. The van der Waals surface area contributed by atoms with Crippen LogP contribution >= 0.6 is 0 Å². The molecule has 2 N–H and O–H groups in total. The Morgan fingerprint density at radius 1 is 0.800 bits per heavy atom. The van der Waals surface area contributed by atoms with Crippen molar-refractivity contribution in [3.8, 4) is 11.1 Å². The minimum Gasteiger partial charge on any atom is -0.478 e. The summed E-state index contributed by atoms with van der Waals surface area (Å²) in [6.45, 7) is 3.52. The molecule has 2 aromatic rings. The molecule has 0 fully saturated rings. The largest absolute Gasteiger partial charge is 0.478 e. The fourth-order valence-electron chi connectivity index (χ4n) is 2.18. The van der Waals surface area contributed by atoms with Crippen LogP contribution in [-0.2, 0) is 0 Å². The van der Waals surface area contributed by atoms with E-state index in [1.165, 1.54) is 0 Å². The van der Waals surface area contributed by atoms with Crippen molar-refractivity contribution in [2.24, 2.45) is 0 Å². The van der Waals surface area contributed by atoms with Crippen molar-refractivity contribution in [3.63, 3.8) is 0 Å². The van der Waals surface area contributed by atoms with E-state index in [2.05, 4.69) is 0 Å². The number of benzene rings is 2. The average molecular weight is 270 g/mol. The van der Waals surface area contributed by atoms with Gasteiger partial charge in [-0.2, -0.15) is 0 Å². The molecule has 4 nitrogen and oxygen atoms in total. The van der Waals surface area contributed by atoms with Gasteiger partial charge < -0.3 is 10.2 Å². The van der Waals surface area contributed by atoms with Gasteiger partial charge in [0.15, 0.2) is 0 Å². The van der Waals surface area contributed by atoms with E-state index in [4.69, 9.17) is 0 Å². The summed E-state index contributed by atoms with van der Waals surface area (Å²) in [4.78, 5) is 22.8. The fraction of sp³-hybridized carbons (Fsp3) is 0.125. The second-order valence-corrected chi connectivity index (χ2v) is 4.66. The van der Waals surface area contributed by atoms with E-state index < -0.39 is 11.9 Å². The number of hydrogen-bond donors (Lipinski definition) is 2. The highest BCUT2D eigenvalue weighted by molar-refractivity contribution is 6.07. The van der Waals surface area contributed by atoms with Gasteiger partial charge in [0.1, 0.15) is 0 Å². The molecule has 102 valence electrons. The fourth-order valence-corrected chi connectivity index (χ4v) is 2.18. The zero-order valence-corrected chi connectivity index (χ0v) is 11.2. The lowest BCUT2D eigenvalue weighted by Gasteiger charge is -2.12. The summed E-state index contributed by atoms with van der Waals surface area (Å²) in [5.74, 6) is -2.46. The summed E-state index contributed by atoms with van der Waals surface area (Å²) in [5.41, 5.74) is 2.27. The summed E-state index contributed by atoms with van der Waals surface area (Å²) in [6.07, 6.45) is 0. The third kappa shape index (κ3) is 2.40. The van der Waals surface area contributed by atoms with Crippen molar-refractivity contribution in [1.82, 2.24) is 0 Å². The van der Waals surface area contributed by atoms with Crippen molar-refractivity contribution in [1.29, 1.82) is 0 Å². The Balaban J connectivity index is 2.77. The molecular weight excluding hydrogens is 256 g/mol. The van der Waals surface area contributed by atoms with Crippen LogP contribution in [0.25, 0.3) is 11.1 Å². The van der Waals surface area contributed by atoms with Crippen LogP contribution < -0.4 is 0 Å². The molecule has 0 unspecified atom stereocenters. The van der Waals surface area contributed by atoms with Gasteiger partial charge >= 0.3 is 11.9 Å². The van der Waals surface area contributed by atoms with E-state index in [0.29, 0.717) is 16.7 Å². The number of carboxylic acid groups (broad SMARTS) is 2. The Hall–Kier alpha value is -2.62. The van der Waals surface area contributed by atoms with Gasteiger partial charge in [0.05, 0.1) is 11.1 Å². The van der Waals surface area contributed by atoms with Crippen LogP contribution in [0.4, 0.5) is 0 Å². The second-order valence-electron chi connectivity index (χ2n) is 4.66. The van der Waals surface area contributed by atoms with Gasteiger partial charge in [-0.1, -0.05) is 42.0 Å². The molecule has 0 bridgehead atoms. The molecule has 2 aromatic carbocycles. The Labute approximate surface area is 116 Å². The van der Waals surface area contributed by atoms with Gasteiger partial charge in [0.2, 0.25) is 0 Å². The van der Waals surface area contributed by atoms with Crippen LogP contribution in [0.5, 0.6) is 0 Å². The molecule has 0 saturated carbocycles. The van der Waals surface area contributed by atoms with Gasteiger partial charge in [-0.25, -0.2) is 9.59 Å². The maximum atomic E-state index is 11.5. The average Bonchev–Trinajstić information content (AvgIpc) is 2.39. The highest BCUT2D eigenvalue weighted by Crippen LogP contribution is 2.29. The van der Waals surface area contributed by atoms with Crippen molar-refractivity contribution in [2.45, 2.75) is 13.8 Å². The quantitative estimate of drug-likeness (QED) is 0.896. The Kier molecular flexibility index (Phi) is 3.57. The minimum atomic E-state index is -1.23. The minimum absolute atomic E-state index is 0.157. The number of carboxylic acids is 2. The number of hydrogen-bond acceptors (Lipinski definition) is 2. The molecule has 0 aliphatic rings. The summed E-state index contributed by atoms with van der Waals surface area (Å²) < 4.78 is 0. The maximum absolute atomic E-state index is 11.5. The molecule has 0 amide bonds. The van der Waals surface area contributed by atoms with E-state index in [1.54, 1.807) is 31.2 Å². The summed E-state index contributed by atoms with van der Waals surface area (Å²) >= 11 is 0. The molecule has 0 atom stereocenters. The Morgan fingerprint density at radius 2 is 1.35 bits per heavy atom. The molecule has 0 aliphatic carbocycles. The van der Waals surface area contributed by atoms with Crippen LogP contribution in [0.1, 0.15) is 31.8 Å². The number of aryl methyl sites for hydroxylation is 2. The summed E-state index contributed by atoms with van der Waals surface area (Å²) in [6, 6.07) is 10.6. The SMILES string of the molecule is Cc1ccc(-c2ccc(C)c(C(=O)O)c2C(=O)O)cc1. The number of aromatic carboxylic acids is 2. The summed E-state index contributed by atoms with van der Waals surface area (Å²) in [7, 11) is 0. The second kappa shape index (κ2) is 5.17. The van der Waals surface area contributed by atoms with Crippen molar-refractivity contribution < 1.29 is 19.8 Å². The zero-order chi connectivity index (χ0) is 14.9. The normalized spacial score (nSPS) is 10.3. The third-order valence-corrected chi connectivity index (χ3v) is 3.20. The predicted octanol–water partition coefficient (Wildman–Crippen LogP) is 3.37. The molecule has 0 aliphatic heterocycles. The number of carbonyl (C=O) groups is 2. The van der Waals surface area contributed by atoms with Crippen LogP contribution in [0.3, 0.4) is 0 Å². The van der Waals surface area contributed by atoms with Crippen molar-refractivity contribution >= 4 is 11.9 Å². The predicted molar refractivity (Wildman–Crippen MR) is 75.3 cm³/mol.